The van der Waals surface area contributed by atoms with Crippen molar-refractivity contribution in [1.29, 1.82) is 0 Å². The van der Waals surface area contributed by atoms with E-state index in [1.54, 1.807) is 12.1 Å². The van der Waals surface area contributed by atoms with Gasteiger partial charge in [-0.1, -0.05) is 23.7 Å². The molecule has 1 aliphatic rings. The van der Waals surface area contributed by atoms with Crippen molar-refractivity contribution in [3.8, 4) is 0 Å². The number of hydrogen-bond acceptors (Lipinski definition) is 4. The van der Waals surface area contributed by atoms with E-state index in [0.29, 0.717) is 29.6 Å². The Morgan fingerprint density at radius 2 is 1.86 bits per heavy atom. The van der Waals surface area contributed by atoms with Crippen LogP contribution in [0.4, 0.5) is 5.69 Å². The summed E-state index contributed by atoms with van der Waals surface area (Å²) in [4.78, 5) is 15.9. The molecule has 1 amide bonds. The first-order chi connectivity index (χ1) is 10.2. The third kappa shape index (κ3) is 3.39. The van der Waals surface area contributed by atoms with Gasteiger partial charge in [0.15, 0.2) is 6.29 Å². The van der Waals surface area contributed by atoms with Gasteiger partial charge in [0.2, 0.25) is 0 Å². The van der Waals surface area contributed by atoms with Gasteiger partial charge in [-0.2, -0.15) is 0 Å². The first-order valence-electron chi connectivity index (χ1n) is 6.48. The second-order valence-corrected chi connectivity index (χ2v) is 4.91. The van der Waals surface area contributed by atoms with E-state index in [1.807, 2.05) is 24.3 Å². The second kappa shape index (κ2) is 6.22. The molecule has 0 atom stereocenters. The summed E-state index contributed by atoms with van der Waals surface area (Å²) in [6.07, 6.45) is 1.13. The van der Waals surface area contributed by atoms with Crippen LogP contribution < -0.4 is 5.32 Å². The lowest BCUT2D eigenvalue weighted by molar-refractivity contribution is -0.0441. The molecule has 1 N–H and O–H groups in total. The summed E-state index contributed by atoms with van der Waals surface area (Å²) in [6, 6.07) is 10.5. The molecule has 2 aromatic rings. The van der Waals surface area contributed by atoms with E-state index in [4.69, 9.17) is 21.1 Å². The van der Waals surface area contributed by atoms with Crippen LogP contribution in [0.2, 0.25) is 5.15 Å². The molecule has 0 unspecified atom stereocenters. The van der Waals surface area contributed by atoms with E-state index in [9.17, 15) is 4.79 Å². The Labute approximate surface area is 126 Å². The van der Waals surface area contributed by atoms with Crippen molar-refractivity contribution in [2.75, 3.05) is 18.5 Å². The van der Waals surface area contributed by atoms with Gasteiger partial charge in [-0.15, -0.1) is 0 Å². The lowest BCUT2D eigenvalue weighted by Gasteiger charge is -2.10. The third-order valence-corrected chi connectivity index (χ3v) is 3.28. The number of aromatic nitrogens is 1. The second-order valence-electron chi connectivity index (χ2n) is 4.52. The quantitative estimate of drug-likeness (QED) is 0.885. The Morgan fingerprint density at radius 1 is 1.14 bits per heavy atom. The molecule has 1 aromatic heterocycles. The molecule has 1 aliphatic heterocycles. The van der Waals surface area contributed by atoms with Crippen LogP contribution in [0.3, 0.4) is 0 Å². The molecule has 21 heavy (non-hydrogen) atoms. The van der Waals surface area contributed by atoms with E-state index < -0.39 is 0 Å². The molecule has 0 bridgehead atoms. The summed E-state index contributed by atoms with van der Waals surface area (Å²) in [5, 5.41) is 3.15. The number of halogens is 1. The minimum absolute atomic E-state index is 0.236. The maximum absolute atomic E-state index is 12.0. The molecule has 1 fully saturated rings. The summed E-state index contributed by atoms with van der Waals surface area (Å²) < 4.78 is 10.8. The van der Waals surface area contributed by atoms with Gasteiger partial charge in [0.25, 0.3) is 5.91 Å². The zero-order valence-corrected chi connectivity index (χ0v) is 11.8. The number of nitrogens with zero attached hydrogens (tertiary/aromatic N) is 1. The number of carbonyl (C=O) groups excluding carboxylic acids is 1. The molecule has 1 saturated heterocycles. The summed E-state index contributed by atoms with van der Waals surface area (Å²) in [7, 11) is 0. The molecule has 0 radical (unpaired) electrons. The number of nitrogens with one attached hydrogen (secondary N) is 1. The van der Waals surface area contributed by atoms with Gasteiger partial charge in [0.05, 0.1) is 18.8 Å². The highest BCUT2D eigenvalue weighted by molar-refractivity contribution is 6.29. The van der Waals surface area contributed by atoms with Crippen LogP contribution in [0.25, 0.3) is 0 Å². The van der Waals surface area contributed by atoms with Gasteiger partial charge >= 0.3 is 0 Å². The van der Waals surface area contributed by atoms with Crippen LogP contribution in [-0.2, 0) is 9.47 Å². The Hall–Kier alpha value is -1.95. The average molecular weight is 305 g/mol. The van der Waals surface area contributed by atoms with Crippen LogP contribution in [0.1, 0.15) is 22.2 Å². The van der Waals surface area contributed by atoms with E-state index >= 15 is 0 Å². The first kappa shape index (κ1) is 14.0. The standard InChI is InChI=1S/C15H13ClN2O3/c16-13-6-3-11(9-17-13)14(19)18-12-4-1-10(2-5-12)15-20-7-8-21-15/h1-6,9,15H,7-8H2,(H,18,19). The average Bonchev–Trinajstić information content (AvgIpc) is 3.03. The fourth-order valence-electron chi connectivity index (χ4n) is 1.99. The number of benzene rings is 1. The molecular weight excluding hydrogens is 292 g/mol. The molecule has 6 heteroatoms. The van der Waals surface area contributed by atoms with Gasteiger partial charge in [-0.3, -0.25) is 4.79 Å². The van der Waals surface area contributed by atoms with Crippen molar-refractivity contribution >= 4 is 23.2 Å². The van der Waals surface area contributed by atoms with Crippen molar-refractivity contribution < 1.29 is 14.3 Å². The predicted octanol–water partition coefficient (Wildman–Crippen LogP) is 3.03. The molecule has 0 saturated carbocycles. The zero-order valence-electron chi connectivity index (χ0n) is 11.1. The van der Waals surface area contributed by atoms with Gasteiger partial charge in [-0.25, -0.2) is 4.98 Å². The fourth-order valence-corrected chi connectivity index (χ4v) is 2.10. The van der Waals surface area contributed by atoms with Crippen LogP contribution in [0, 0.1) is 0 Å². The van der Waals surface area contributed by atoms with Crippen molar-refractivity contribution in [2.24, 2.45) is 0 Å². The third-order valence-electron chi connectivity index (χ3n) is 3.05. The van der Waals surface area contributed by atoms with Gasteiger partial charge in [0, 0.05) is 17.4 Å². The number of amides is 1. The Kier molecular flexibility index (Phi) is 4.15. The van der Waals surface area contributed by atoms with Crippen molar-refractivity contribution in [2.45, 2.75) is 6.29 Å². The van der Waals surface area contributed by atoms with E-state index in [-0.39, 0.29) is 12.2 Å². The summed E-state index contributed by atoms with van der Waals surface area (Å²) in [5.74, 6) is -0.236. The number of hydrogen-bond donors (Lipinski definition) is 1. The highest BCUT2D eigenvalue weighted by atomic mass is 35.5. The van der Waals surface area contributed by atoms with Crippen molar-refractivity contribution in [1.82, 2.24) is 4.98 Å². The molecule has 3 rings (SSSR count). The largest absolute Gasteiger partial charge is 0.346 e. The minimum atomic E-state index is -0.310. The van der Waals surface area contributed by atoms with Gasteiger partial charge < -0.3 is 14.8 Å². The van der Waals surface area contributed by atoms with Crippen molar-refractivity contribution in [3.63, 3.8) is 0 Å². The number of rotatable bonds is 3. The molecule has 5 nitrogen and oxygen atoms in total. The monoisotopic (exact) mass is 304 g/mol. The summed E-state index contributed by atoms with van der Waals surface area (Å²) >= 11 is 5.69. The van der Waals surface area contributed by atoms with E-state index in [0.717, 1.165) is 5.56 Å². The lowest BCUT2D eigenvalue weighted by atomic mass is 10.2. The summed E-state index contributed by atoms with van der Waals surface area (Å²) in [6.45, 7) is 1.21. The van der Waals surface area contributed by atoms with Gasteiger partial charge in [-0.05, 0) is 24.3 Å². The Bertz CT molecular complexity index is 622. The number of anilines is 1. The van der Waals surface area contributed by atoms with Crippen LogP contribution in [-0.4, -0.2) is 24.1 Å². The van der Waals surface area contributed by atoms with Crippen LogP contribution in [0.15, 0.2) is 42.6 Å². The maximum atomic E-state index is 12.0. The highest BCUT2D eigenvalue weighted by Crippen LogP contribution is 2.24. The molecule has 0 aliphatic carbocycles. The summed E-state index contributed by atoms with van der Waals surface area (Å²) in [5.41, 5.74) is 2.07. The van der Waals surface area contributed by atoms with Gasteiger partial charge in [0.1, 0.15) is 5.15 Å². The predicted molar refractivity (Wildman–Crippen MR) is 78.3 cm³/mol. The molecule has 2 heterocycles. The Morgan fingerprint density at radius 3 is 2.48 bits per heavy atom. The van der Waals surface area contributed by atoms with E-state index in [1.165, 1.54) is 6.20 Å². The molecular formula is C15H13ClN2O3. The topological polar surface area (TPSA) is 60.5 Å². The highest BCUT2D eigenvalue weighted by Gasteiger charge is 2.17. The smallest absolute Gasteiger partial charge is 0.257 e. The Balaban J connectivity index is 1.67. The van der Waals surface area contributed by atoms with Crippen molar-refractivity contribution in [3.05, 3.63) is 58.9 Å². The van der Waals surface area contributed by atoms with Crippen LogP contribution >= 0.6 is 11.6 Å². The van der Waals surface area contributed by atoms with E-state index in [2.05, 4.69) is 10.3 Å². The molecule has 1 aromatic carbocycles. The normalized spacial score (nSPS) is 15.1. The first-order valence-corrected chi connectivity index (χ1v) is 6.86. The maximum Gasteiger partial charge on any atom is 0.257 e. The molecule has 0 spiro atoms. The minimum Gasteiger partial charge on any atom is -0.346 e. The number of carbonyl (C=O) groups is 1. The SMILES string of the molecule is O=C(Nc1ccc(C2OCCO2)cc1)c1ccc(Cl)nc1. The lowest BCUT2D eigenvalue weighted by Crippen LogP contribution is -2.12. The zero-order chi connectivity index (χ0) is 14.7. The fraction of sp³-hybridized carbons (Fsp3) is 0.200. The number of pyridine rings is 1. The molecule has 108 valence electrons. The number of ether oxygens (including phenoxy) is 2. The van der Waals surface area contributed by atoms with Crippen LogP contribution in [0.5, 0.6) is 0 Å².